The zero-order valence-corrected chi connectivity index (χ0v) is 19.3. The Bertz CT molecular complexity index is 1070. The van der Waals surface area contributed by atoms with E-state index in [4.69, 9.17) is 9.84 Å². The highest BCUT2D eigenvalue weighted by molar-refractivity contribution is 5.81. The molecule has 35 heavy (non-hydrogen) atoms. The van der Waals surface area contributed by atoms with Gasteiger partial charge in [-0.25, -0.2) is 13.6 Å². The number of fused-ring (bicyclic) bond motifs is 3. The third-order valence-corrected chi connectivity index (χ3v) is 6.78. The number of alkyl halides is 2. The minimum atomic E-state index is -3.02. The van der Waals surface area contributed by atoms with Gasteiger partial charge in [0.1, 0.15) is 12.6 Å². The van der Waals surface area contributed by atoms with Crippen LogP contribution < -0.4 is 10.6 Å². The first-order chi connectivity index (χ1) is 16.7. The maximum atomic E-state index is 13.1. The van der Waals surface area contributed by atoms with Gasteiger partial charge in [0.25, 0.3) is 6.43 Å². The van der Waals surface area contributed by atoms with Gasteiger partial charge in [-0.1, -0.05) is 48.5 Å². The predicted molar refractivity (Wildman–Crippen MR) is 124 cm³/mol. The molecule has 2 amide bonds. The number of hydrogen-bond acceptors (Lipinski definition) is 4. The van der Waals surface area contributed by atoms with Gasteiger partial charge in [0, 0.05) is 12.3 Å². The molecule has 2 atom stereocenters. The van der Waals surface area contributed by atoms with E-state index in [0.717, 1.165) is 35.1 Å². The molecule has 4 rings (SSSR count). The van der Waals surface area contributed by atoms with Crippen LogP contribution in [0.1, 0.15) is 49.7 Å². The molecule has 0 saturated heterocycles. The standard InChI is InChI=1S/C26H28F2N2O5/c1-26(15-10-11-15,13-22(31)29-21(24(27)28)12-23(32)33)30-25(34)35-14-20-18-8-4-2-6-16(18)17-7-3-5-9-19(17)20/h2-9,15,20-21,24H,10-14H2,1H3,(H,29,31)(H,30,34)(H,32,33). The zero-order valence-electron chi connectivity index (χ0n) is 19.3. The maximum Gasteiger partial charge on any atom is 0.407 e. The molecular formula is C26H28F2N2O5. The topological polar surface area (TPSA) is 105 Å². The first-order valence-corrected chi connectivity index (χ1v) is 11.6. The lowest BCUT2D eigenvalue weighted by atomic mass is 9.91. The Kier molecular flexibility index (Phi) is 7.05. The Morgan fingerprint density at radius 2 is 1.63 bits per heavy atom. The van der Waals surface area contributed by atoms with E-state index in [-0.39, 0.29) is 24.9 Å². The molecule has 2 aliphatic rings. The smallest absolute Gasteiger partial charge is 0.407 e. The zero-order chi connectivity index (χ0) is 25.2. The van der Waals surface area contributed by atoms with Gasteiger partial charge in [0.05, 0.1) is 12.0 Å². The number of aliphatic carboxylic acids is 1. The van der Waals surface area contributed by atoms with Gasteiger partial charge in [-0.3, -0.25) is 9.59 Å². The fourth-order valence-electron chi connectivity index (χ4n) is 4.86. The van der Waals surface area contributed by atoms with Crippen molar-refractivity contribution in [2.24, 2.45) is 5.92 Å². The summed E-state index contributed by atoms with van der Waals surface area (Å²) in [6.45, 7) is 1.79. The minimum Gasteiger partial charge on any atom is -0.481 e. The van der Waals surface area contributed by atoms with Crippen LogP contribution in [0.2, 0.25) is 0 Å². The largest absolute Gasteiger partial charge is 0.481 e. The van der Waals surface area contributed by atoms with Crippen LogP contribution in [0, 0.1) is 5.92 Å². The first-order valence-electron chi connectivity index (χ1n) is 11.6. The van der Waals surface area contributed by atoms with E-state index in [1.165, 1.54) is 0 Å². The van der Waals surface area contributed by atoms with E-state index in [1.54, 1.807) is 6.92 Å². The SMILES string of the molecule is CC(CC(=O)NC(CC(=O)O)C(F)F)(NC(=O)OCC1c2ccccc2-c2ccccc21)C1CC1. The average Bonchev–Trinajstić information content (AvgIpc) is 3.61. The Morgan fingerprint density at radius 1 is 1.06 bits per heavy atom. The van der Waals surface area contributed by atoms with E-state index in [0.29, 0.717) is 0 Å². The number of carboxylic acids is 1. The number of hydrogen-bond donors (Lipinski definition) is 3. The third kappa shape index (κ3) is 5.61. The lowest BCUT2D eigenvalue weighted by molar-refractivity contribution is -0.139. The highest BCUT2D eigenvalue weighted by Crippen LogP contribution is 2.45. The van der Waals surface area contributed by atoms with Gasteiger partial charge in [-0.05, 0) is 47.9 Å². The third-order valence-electron chi connectivity index (χ3n) is 6.78. The molecule has 0 bridgehead atoms. The molecule has 0 aliphatic heterocycles. The number of carbonyl (C=O) groups excluding carboxylic acids is 2. The van der Waals surface area contributed by atoms with Crippen molar-refractivity contribution < 1.29 is 33.0 Å². The van der Waals surface area contributed by atoms with Gasteiger partial charge in [0.2, 0.25) is 5.91 Å². The molecule has 0 heterocycles. The molecule has 0 spiro atoms. The van der Waals surface area contributed by atoms with Gasteiger partial charge < -0.3 is 20.5 Å². The molecule has 3 N–H and O–H groups in total. The minimum absolute atomic E-state index is 0.00166. The molecule has 0 radical (unpaired) electrons. The summed E-state index contributed by atoms with van der Waals surface area (Å²) in [7, 11) is 0. The second-order valence-corrected chi connectivity index (χ2v) is 9.43. The van der Waals surface area contributed by atoms with Crippen LogP contribution in [-0.4, -0.2) is 47.7 Å². The molecule has 7 nitrogen and oxygen atoms in total. The average molecular weight is 487 g/mol. The van der Waals surface area contributed by atoms with E-state index in [9.17, 15) is 23.2 Å². The van der Waals surface area contributed by atoms with E-state index in [1.807, 2.05) is 48.5 Å². The van der Waals surface area contributed by atoms with Crippen molar-refractivity contribution in [1.29, 1.82) is 0 Å². The van der Waals surface area contributed by atoms with Crippen LogP contribution in [0.4, 0.5) is 13.6 Å². The van der Waals surface area contributed by atoms with Crippen LogP contribution in [0.5, 0.6) is 0 Å². The fraction of sp³-hybridized carbons (Fsp3) is 0.423. The van der Waals surface area contributed by atoms with Crippen LogP contribution in [0.25, 0.3) is 11.1 Å². The summed E-state index contributed by atoms with van der Waals surface area (Å²) in [6.07, 6.45) is -3.29. The highest BCUT2D eigenvalue weighted by atomic mass is 19.3. The predicted octanol–water partition coefficient (Wildman–Crippen LogP) is 4.31. The van der Waals surface area contributed by atoms with Crippen LogP contribution in [-0.2, 0) is 14.3 Å². The number of carboxylic acid groups (broad SMARTS) is 1. The number of amides is 2. The highest BCUT2D eigenvalue weighted by Gasteiger charge is 2.45. The van der Waals surface area contributed by atoms with Crippen molar-refractivity contribution in [3.8, 4) is 11.1 Å². The molecule has 1 fully saturated rings. The van der Waals surface area contributed by atoms with Crippen LogP contribution >= 0.6 is 0 Å². The summed E-state index contributed by atoms with van der Waals surface area (Å²) in [4.78, 5) is 36.1. The van der Waals surface area contributed by atoms with Gasteiger partial charge in [-0.2, -0.15) is 0 Å². The normalized spacial score (nSPS) is 17.1. The fourth-order valence-corrected chi connectivity index (χ4v) is 4.86. The molecule has 2 aromatic rings. The summed E-state index contributed by atoms with van der Waals surface area (Å²) in [5, 5.41) is 13.7. The number of benzene rings is 2. The summed E-state index contributed by atoms with van der Waals surface area (Å²) in [5.74, 6) is -2.30. The number of nitrogens with one attached hydrogen (secondary N) is 2. The molecule has 2 aromatic carbocycles. The maximum absolute atomic E-state index is 13.1. The Labute approximate surface area is 201 Å². The van der Waals surface area contributed by atoms with Gasteiger partial charge in [-0.15, -0.1) is 0 Å². The summed E-state index contributed by atoms with van der Waals surface area (Å²) >= 11 is 0. The van der Waals surface area contributed by atoms with E-state index < -0.39 is 42.4 Å². The Hall–Kier alpha value is -3.49. The molecule has 2 unspecified atom stereocenters. The Balaban J connectivity index is 1.39. The quantitative estimate of drug-likeness (QED) is 0.464. The second kappa shape index (κ2) is 10.0. The number of ether oxygens (including phenoxy) is 1. The summed E-state index contributed by atoms with van der Waals surface area (Å²) in [5.41, 5.74) is 3.35. The molecule has 1 saturated carbocycles. The summed E-state index contributed by atoms with van der Waals surface area (Å²) < 4.78 is 31.8. The molecular weight excluding hydrogens is 458 g/mol. The molecule has 9 heteroatoms. The molecule has 2 aliphatic carbocycles. The first kappa shape index (κ1) is 24.6. The Morgan fingerprint density at radius 3 is 2.14 bits per heavy atom. The van der Waals surface area contributed by atoms with Crippen molar-refractivity contribution in [1.82, 2.24) is 10.6 Å². The molecule has 0 aromatic heterocycles. The summed E-state index contributed by atoms with van der Waals surface area (Å²) in [6, 6.07) is 14.1. The number of halogens is 2. The number of alkyl carbamates (subject to hydrolysis) is 1. The number of rotatable bonds is 10. The van der Waals surface area contributed by atoms with Crippen molar-refractivity contribution in [2.45, 2.75) is 56.5 Å². The van der Waals surface area contributed by atoms with Crippen molar-refractivity contribution in [3.63, 3.8) is 0 Å². The van der Waals surface area contributed by atoms with Crippen molar-refractivity contribution in [3.05, 3.63) is 59.7 Å². The molecule has 186 valence electrons. The van der Waals surface area contributed by atoms with Crippen molar-refractivity contribution in [2.75, 3.05) is 6.61 Å². The van der Waals surface area contributed by atoms with Crippen LogP contribution in [0.15, 0.2) is 48.5 Å². The number of carbonyl (C=O) groups is 3. The van der Waals surface area contributed by atoms with Gasteiger partial charge >= 0.3 is 12.1 Å². The van der Waals surface area contributed by atoms with E-state index in [2.05, 4.69) is 10.6 Å². The van der Waals surface area contributed by atoms with E-state index >= 15 is 0 Å². The second-order valence-electron chi connectivity index (χ2n) is 9.43. The lowest BCUT2D eigenvalue weighted by Gasteiger charge is -2.31. The van der Waals surface area contributed by atoms with Crippen LogP contribution in [0.3, 0.4) is 0 Å². The lowest BCUT2D eigenvalue weighted by Crippen LogP contribution is -2.52. The van der Waals surface area contributed by atoms with Crippen molar-refractivity contribution >= 4 is 18.0 Å². The van der Waals surface area contributed by atoms with Gasteiger partial charge in [0.15, 0.2) is 0 Å². The monoisotopic (exact) mass is 486 g/mol.